The Hall–Kier alpha value is -0.460. The summed E-state index contributed by atoms with van der Waals surface area (Å²) in [6, 6.07) is 0. The first-order valence-electron chi connectivity index (χ1n) is 11.1. The second kappa shape index (κ2) is 16.5. The second-order valence-electron chi connectivity index (χ2n) is 7.68. The number of hydrogen-bond donors (Lipinski definition) is 3. The molecule has 0 aromatic heterocycles. The Balaban J connectivity index is 1.85. The molecule has 1 aliphatic rings. The lowest BCUT2D eigenvalue weighted by molar-refractivity contribution is -0.208. The Labute approximate surface area is 165 Å². The van der Waals surface area contributed by atoms with Gasteiger partial charge >= 0.3 is 0 Å². The predicted molar refractivity (Wildman–Crippen MR) is 109 cm³/mol. The molecule has 0 amide bonds. The molecule has 160 valence electrons. The first-order valence-corrected chi connectivity index (χ1v) is 11.1. The minimum atomic E-state index is -1.08. The quantitative estimate of drug-likeness (QED) is 0.278. The number of hydrogen-bond acceptors (Lipinski definition) is 5. The standard InChI is InChI=1S/C22H42O5/c1-2-3-4-5-6-7-8-9-10-11-12-13-14-15-16-26-20-18-27-19(17-23)21(24)22(20)25/h4-5,19-25H,2-3,6-18H2,1H3/b5-4+/t19-,20+,21-,22-/m0/s1. The summed E-state index contributed by atoms with van der Waals surface area (Å²) in [7, 11) is 0. The summed E-state index contributed by atoms with van der Waals surface area (Å²) in [5.74, 6) is 0. The second-order valence-corrected chi connectivity index (χ2v) is 7.68. The molecule has 5 heteroatoms. The third-order valence-electron chi connectivity index (χ3n) is 5.24. The highest BCUT2D eigenvalue weighted by Gasteiger charge is 2.38. The fourth-order valence-electron chi connectivity index (χ4n) is 3.40. The number of aliphatic hydroxyl groups excluding tert-OH is 3. The number of allylic oxidation sites excluding steroid dienone is 2. The van der Waals surface area contributed by atoms with Gasteiger partial charge in [0, 0.05) is 6.61 Å². The molecule has 1 heterocycles. The van der Waals surface area contributed by atoms with Gasteiger partial charge in [-0.05, 0) is 25.7 Å². The van der Waals surface area contributed by atoms with E-state index in [1.807, 2.05) is 0 Å². The highest BCUT2D eigenvalue weighted by atomic mass is 16.6. The first-order chi connectivity index (χ1) is 13.2. The summed E-state index contributed by atoms with van der Waals surface area (Å²) in [6.45, 7) is 2.72. The summed E-state index contributed by atoms with van der Waals surface area (Å²) in [5, 5.41) is 28.8. The normalized spacial score (nSPS) is 26.1. The lowest BCUT2D eigenvalue weighted by atomic mass is 10.0. The van der Waals surface area contributed by atoms with Gasteiger partial charge in [-0.2, -0.15) is 0 Å². The topological polar surface area (TPSA) is 79.2 Å². The smallest absolute Gasteiger partial charge is 0.111 e. The number of rotatable bonds is 16. The van der Waals surface area contributed by atoms with Crippen LogP contribution >= 0.6 is 0 Å². The minimum absolute atomic E-state index is 0.220. The van der Waals surface area contributed by atoms with Crippen molar-refractivity contribution in [3.05, 3.63) is 12.2 Å². The Morgan fingerprint density at radius 2 is 1.44 bits per heavy atom. The van der Waals surface area contributed by atoms with E-state index < -0.39 is 24.4 Å². The van der Waals surface area contributed by atoms with Crippen molar-refractivity contribution in [2.45, 2.75) is 108 Å². The van der Waals surface area contributed by atoms with Crippen molar-refractivity contribution >= 4 is 0 Å². The van der Waals surface area contributed by atoms with Gasteiger partial charge in [0.15, 0.2) is 0 Å². The van der Waals surface area contributed by atoms with Crippen LogP contribution in [0.4, 0.5) is 0 Å². The summed E-state index contributed by atoms with van der Waals surface area (Å²) >= 11 is 0. The maximum Gasteiger partial charge on any atom is 0.111 e. The van der Waals surface area contributed by atoms with Crippen LogP contribution in [-0.2, 0) is 9.47 Å². The van der Waals surface area contributed by atoms with Crippen molar-refractivity contribution in [2.75, 3.05) is 19.8 Å². The fourth-order valence-corrected chi connectivity index (χ4v) is 3.40. The summed E-state index contributed by atoms with van der Waals surface area (Å²) in [6.07, 6.45) is 16.3. The van der Waals surface area contributed by atoms with E-state index in [4.69, 9.17) is 14.6 Å². The van der Waals surface area contributed by atoms with E-state index in [1.54, 1.807) is 0 Å². The molecular formula is C22H42O5. The van der Waals surface area contributed by atoms with E-state index in [-0.39, 0.29) is 13.2 Å². The Bertz CT molecular complexity index is 361. The van der Waals surface area contributed by atoms with Crippen molar-refractivity contribution in [1.29, 1.82) is 0 Å². The van der Waals surface area contributed by atoms with Crippen LogP contribution in [0.2, 0.25) is 0 Å². The van der Waals surface area contributed by atoms with Gasteiger partial charge in [0.05, 0.1) is 13.2 Å². The predicted octanol–water partition coefficient (Wildman–Crippen LogP) is 3.74. The molecule has 4 atom stereocenters. The van der Waals surface area contributed by atoms with E-state index in [1.165, 1.54) is 64.2 Å². The minimum Gasteiger partial charge on any atom is -0.394 e. The third-order valence-corrected chi connectivity index (χ3v) is 5.24. The molecule has 0 aromatic rings. The van der Waals surface area contributed by atoms with Crippen molar-refractivity contribution in [3.63, 3.8) is 0 Å². The van der Waals surface area contributed by atoms with Crippen LogP contribution in [0.5, 0.6) is 0 Å². The van der Waals surface area contributed by atoms with E-state index in [0.717, 1.165) is 12.8 Å². The van der Waals surface area contributed by atoms with Gasteiger partial charge in [-0.1, -0.05) is 70.4 Å². The molecule has 0 bridgehead atoms. The third kappa shape index (κ3) is 11.2. The number of unbranched alkanes of at least 4 members (excludes halogenated alkanes) is 10. The van der Waals surface area contributed by atoms with Gasteiger partial charge < -0.3 is 24.8 Å². The van der Waals surface area contributed by atoms with E-state index in [2.05, 4.69) is 19.1 Å². The van der Waals surface area contributed by atoms with Crippen molar-refractivity contribution in [3.8, 4) is 0 Å². The van der Waals surface area contributed by atoms with Gasteiger partial charge in [-0.3, -0.25) is 0 Å². The molecule has 0 unspecified atom stereocenters. The van der Waals surface area contributed by atoms with Crippen molar-refractivity contribution in [1.82, 2.24) is 0 Å². The van der Waals surface area contributed by atoms with Crippen LogP contribution in [0.15, 0.2) is 12.2 Å². The maximum absolute atomic E-state index is 9.98. The van der Waals surface area contributed by atoms with Crippen LogP contribution in [0.3, 0.4) is 0 Å². The average molecular weight is 387 g/mol. The van der Waals surface area contributed by atoms with Crippen LogP contribution < -0.4 is 0 Å². The average Bonchev–Trinajstić information content (AvgIpc) is 2.68. The largest absolute Gasteiger partial charge is 0.394 e. The first kappa shape index (κ1) is 24.6. The molecule has 0 radical (unpaired) electrons. The van der Waals surface area contributed by atoms with Crippen molar-refractivity contribution in [2.24, 2.45) is 0 Å². The molecule has 0 spiro atoms. The fraction of sp³-hybridized carbons (Fsp3) is 0.909. The highest BCUT2D eigenvalue weighted by molar-refractivity contribution is 4.87. The Morgan fingerprint density at radius 1 is 0.852 bits per heavy atom. The van der Waals surface area contributed by atoms with Gasteiger partial charge in [0.25, 0.3) is 0 Å². The Kier molecular flexibility index (Phi) is 15.0. The molecule has 27 heavy (non-hydrogen) atoms. The zero-order valence-corrected chi connectivity index (χ0v) is 17.2. The molecule has 0 aliphatic carbocycles. The molecule has 1 aliphatic heterocycles. The van der Waals surface area contributed by atoms with Gasteiger partial charge in [-0.25, -0.2) is 0 Å². The molecule has 0 saturated carbocycles. The summed E-state index contributed by atoms with van der Waals surface area (Å²) < 4.78 is 11.0. The number of aliphatic hydroxyl groups is 3. The molecule has 1 saturated heterocycles. The van der Waals surface area contributed by atoms with E-state index in [0.29, 0.717) is 6.61 Å². The van der Waals surface area contributed by atoms with E-state index >= 15 is 0 Å². The molecule has 3 N–H and O–H groups in total. The monoisotopic (exact) mass is 386 g/mol. The molecule has 1 fully saturated rings. The molecule has 0 aromatic carbocycles. The van der Waals surface area contributed by atoms with Crippen LogP contribution in [-0.4, -0.2) is 59.6 Å². The van der Waals surface area contributed by atoms with Gasteiger partial charge in [0.1, 0.15) is 24.4 Å². The van der Waals surface area contributed by atoms with Gasteiger partial charge in [-0.15, -0.1) is 0 Å². The van der Waals surface area contributed by atoms with Crippen LogP contribution in [0, 0.1) is 0 Å². The maximum atomic E-state index is 9.98. The summed E-state index contributed by atoms with van der Waals surface area (Å²) in [5.41, 5.74) is 0. The van der Waals surface area contributed by atoms with Crippen LogP contribution in [0.25, 0.3) is 0 Å². The SMILES string of the molecule is CCC/C=C/CCCCCCCCCCCO[C@@H]1CO[C@@H](CO)[C@H](O)[C@H]1O. The lowest BCUT2D eigenvalue weighted by Gasteiger charge is -2.36. The van der Waals surface area contributed by atoms with E-state index in [9.17, 15) is 10.2 Å². The lowest BCUT2D eigenvalue weighted by Crippen LogP contribution is -2.55. The summed E-state index contributed by atoms with van der Waals surface area (Å²) in [4.78, 5) is 0. The van der Waals surface area contributed by atoms with Gasteiger partial charge in [0.2, 0.25) is 0 Å². The zero-order chi connectivity index (χ0) is 19.7. The molecular weight excluding hydrogens is 344 g/mol. The van der Waals surface area contributed by atoms with Crippen molar-refractivity contribution < 1.29 is 24.8 Å². The molecule has 5 nitrogen and oxygen atoms in total. The Morgan fingerprint density at radius 3 is 2.07 bits per heavy atom. The molecule has 1 rings (SSSR count). The van der Waals surface area contributed by atoms with Crippen LogP contribution in [0.1, 0.15) is 84.0 Å². The highest BCUT2D eigenvalue weighted by Crippen LogP contribution is 2.18. The number of ether oxygens (including phenoxy) is 2. The zero-order valence-electron chi connectivity index (χ0n) is 17.2.